The molecule has 0 spiro atoms. The Labute approximate surface area is 115 Å². The number of benzene rings is 1. The third kappa shape index (κ3) is 3.57. The van der Waals surface area contributed by atoms with Crippen molar-refractivity contribution in [1.29, 1.82) is 0 Å². The van der Waals surface area contributed by atoms with Gasteiger partial charge in [-0.05, 0) is 44.0 Å². The fraction of sp³-hybridized carbons (Fsp3) is 0.562. The quantitative estimate of drug-likeness (QED) is 0.851. The standard InChI is InChI=1S/C16H24N2O/c1-3-15(17-2)13-9-6-10-14(11-13)18-16(19)12-7-4-5-8-12/h6,9-12,15,17H,3-5,7-8H2,1-2H3,(H,18,19). The molecule has 2 rings (SSSR count). The molecule has 3 nitrogen and oxygen atoms in total. The number of carbonyl (C=O) groups excluding carboxylic acids is 1. The van der Waals surface area contributed by atoms with Crippen molar-refractivity contribution in [3.8, 4) is 0 Å². The van der Waals surface area contributed by atoms with Crippen molar-refractivity contribution in [2.75, 3.05) is 12.4 Å². The first kappa shape index (κ1) is 14.1. The number of rotatable bonds is 5. The van der Waals surface area contributed by atoms with Crippen LogP contribution >= 0.6 is 0 Å². The van der Waals surface area contributed by atoms with Gasteiger partial charge in [-0.15, -0.1) is 0 Å². The summed E-state index contributed by atoms with van der Waals surface area (Å²) in [7, 11) is 1.97. The molecule has 0 saturated heterocycles. The average Bonchev–Trinajstić information content (AvgIpc) is 2.94. The molecule has 1 aromatic carbocycles. The molecule has 0 aromatic heterocycles. The SMILES string of the molecule is CCC(NC)c1cccc(NC(=O)C2CCCC2)c1. The lowest BCUT2D eigenvalue weighted by atomic mass is 10.0. The Hall–Kier alpha value is -1.35. The van der Waals surface area contributed by atoms with Crippen LogP contribution in [0.3, 0.4) is 0 Å². The third-order valence-electron chi connectivity index (χ3n) is 4.04. The maximum absolute atomic E-state index is 12.1. The predicted octanol–water partition coefficient (Wildman–Crippen LogP) is 3.49. The molecule has 1 aliphatic rings. The van der Waals surface area contributed by atoms with Gasteiger partial charge in [0.15, 0.2) is 0 Å². The summed E-state index contributed by atoms with van der Waals surface area (Å²) in [6.45, 7) is 2.16. The van der Waals surface area contributed by atoms with Crippen molar-refractivity contribution in [2.24, 2.45) is 5.92 Å². The van der Waals surface area contributed by atoms with Crippen LogP contribution in [0.25, 0.3) is 0 Å². The van der Waals surface area contributed by atoms with E-state index < -0.39 is 0 Å². The molecular weight excluding hydrogens is 236 g/mol. The molecule has 1 amide bonds. The molecule has 0 heterocycles. The molecule has 1 saturated carbocycles. The Kier molecular flexibility index (Phi) is 4.97. The molecule has 1 unspecified atom stereocenters. The van der Waals surface area contributed by atoms with Crippen LogP contribution in [0.4, 0.5) is 5.69 Å². The highest BCUT2D eigenvalue weighted by Crippen LogP contribution is 2.26. The van der Waals surface area contributed by atoms with Crippen LogP contribution in [0.2, 0.25) is 0 Å². The molecule has 3 heteroatoms. The van der Waals surface area contributed by atoms with Crippen molar-refractivity contribution in [1.82, 2.24) is 5.32 Å². The van der Waals surface area contributed by atoms with E-state index in [1.165, 1.54) is 18.4 Å². The lowest BCUT2D eigenvalue weighted by molar-refractivity contribution is -0.119. The second-order valence-corrected chi connectivity index (χ2v) is 5.35. The van der Waals surface area contributed by atoms with Gasteiger partial charge in [0, 0.05) is 17.6 Å². The minimum atomic E-state index is 0.187. The van der Waals surface area contributed by atoms with Gasteiger partial charge in [0.25, 0.3) is 0 Å². The second-order valence-electron chi connectivity index (χ2n) is 5.35. The zero-order valence-electron chi connectivity index (χ0n) is 11.9. The van der Waals surface area contributed by atoms with E-state index in [-0.39, 0.29) is 11.8 Å². The zero-order chi connectivity index (χ0) is 13.7. The summed E-state index contributed by atoms with van der Waals surface area (Å²) >= 11 is 0. The summed E-state index contributed by atoms with van der Waals surface area (Å²) in [4.78, 5) is 12.1. The molecule has 1 fully saturated rings. The van der Waals surface area contributed by atoms with Gasteiger partial charge in [-0.2, -0.15) is 0 Å². The normalized spacial score (nSPS) is 17.4. The first-order valence-corrected chi connectivity index (χ1v) is 7.32. The molecular formula is C16H24N2O. The van der Waals surface area contributed by atoms with Crippen LogP contribution in [-0.2, 0) is 4.79 Å². The maximum atomic E-state index is 12.1. The van der Waals surface area contributed by atoms with Gasteiger partial charge in [0.2, 0.25) is 5.91 Å². The van der Waals surface area contributed by atoms with Gasteiger partial charge in [0.1, 0.15) is 0 Å². The maximum Gasteiger partial charge on any atom is 0.227 e. The van der Waals surface area contributed by atoms with Crippen molar-refractivity contribution in [2.45, 2.75) is 45.1 Å². The second kappa shape index (κ2) is 6.71. The predicted molar refractivity (Wildman–Crippen MR) is 79.1 cm³/mol. The van der Waals surface area contributed by atoms with Crippen LogP contribution in [0.1, 0.15) is 50.6 Å². The molecule has 0 bridgehead atoms. The van der Waals surface area contributed by atoms with E-state index in [0.717, 1.165) is 24.9 Å². The minimum Gasteiger partial charge on any atom is -0.326 e. The molecule has 19 heavy (non-hydrogen) atoms. The van der Waals surface area contributed by atoms with E-state index >= 15 is 0 Å². The minimum absolute atomic E-state index is 0.187. The third-order valence-corrected chi connectivity index (χ3v) is 4.04. The molecule has 1 atom stereocenters. The summed E-state index contributed by atoms with van der Waals surface area (Å²) in [5.74, 6) is 0.405. The summed E-state index contributed by atoms with van der Waals surface area (Å²) in [6, 6.07) is 8.52. The lowest BCUT2D eigenvalue weighted by Gasteiger charge is -2.16. The number of anilines is 1. The van der Waals surface area contributed by atoms with Crippen LogP contribution in [0, 0.1) is 5.92 Å². The van der Waals surface area contributed by atoms with E-state index in [1.807, 2.05) is 19.2 Å². The molecule has 2 N–H and O–H groups in total. The Morgan fingerprint density at radius 2 is 2.11 bits per heavy atom. The Morgan fingerprint density at radius 3 is 2.74 bits per heavy atom. The number of hydrogen-bond acceptors (Lipinski definition) is 2. The first-order chi connectivity index (χ1) is 9.24. The van der Waals surface area contributed by atoms with Crippen molar-refractivity contribution >= 4 is 11.6 Å². The highest BCUT2D eigenvalue weighted by molar-refractivity contribution is 5.92. The van der Waals surface area contributed by atoms with E-state index in [1.54, 1.807) is 0 Å². The monoisotopic (exact) mass is 260 g/mol. The average molecular weight is 260 g/mol. The van der Waals surface area contributed by atoms with Crippen molar-refractivity contribution in [3.05, 3.63) is 29.8 Å². The Morgan fingerprint density at radius 1 is 1.37 bits per heavy atom. The van der Waals surface area contributed by atoms with Gasteiger partial charge in [-0.1, -0.05) is 31.9 Å². The summed E-state index contributed by atoms with van der Waals surface area (Å²) in [6.07, 6.45) is 5.50. The molecule has 1 aliphatic carbocycles. The molecule has 104 valence electrons. The van der Waals surface area contributed by atoms with E-state index in [9.17, 15) is 4.79 Å². The highest BCUT2D eigenvalue weighted by atomic mass is 16.1. The van der Waals surface area contributed by atoms with Crippen LogP contribution < -0.4 is 10.6 Å². The van der Waals surface area contributed by atoms with Gasteiger partial charge >= 0.3 is 0 Å². The fourth-order valence-electron chi connectivity index (χ4n) is 2.87. The largest absolute Gasteiger partial charge is 0.326 e. The molecule has 0 aliphatic heterocycles. The van der Waals surface area contributed by atoms with Crippen LogP contribution in [0.15, 0.2) is 24.3 Å². The van der Waals surface area contributed by atoms with E-state index in [4.69, 9.17) is 0 Å². The van der Waals surface area contributed by atoms with Gasteiger partial charge in [0.05, 0.1) is 0 Å². The highest BCUT2D eigenvalue weighted by Gasteiger charge is 2.22. The number of nitrogens with one attached hydrogen (secondary N) is 2. The Balaban J connectivity index is 2.04. The topological polar surface area (TPSA) is 41.1 Å². The molecule has 0 radical (unpaired) electrons. The zero-order valence-corrected chi connectivity index (χ0v) is 11.9. The van der Waals surface area contributed by atoms with Gasteiger partial charge in [-0.3, -0.25) is 4.79 Å². The Bertz CT molecular complexity index is 421. The van der Waals surface area contributed by atoms with Gasteiger partial charge in [-0.25, -0.2) is 0 Å². The number of amides is 1. The number of hydrogen-bond donors (Lipinski definition) is 2. The smallest absolute Gasteiger partial charge is 0.227 e. The van der Waals surface area contributed by atoms with Crippen LogP contribution in [0.5, 0.6) is 0 Å². The van der Waals surface area contributed by atoms with Crippen molar-refractivity contribution in [3.63, 3.8) is 0 Å². The fourth-order valence-corrected chi connectivity index (χ4v) is 2.87. The first-order valence-electron chi connectivity index (χ1n) is 7.32. The van der Waals surface area contributed by atoms with Crippen LogP contribution in [-0.4, -0.2) is 13.0 Å². The van der Waals surface area contributed by atoms with Gasteiger partial charge < -0.3 is 10.6 Å². The van der Waals surface area contributed by atoms with E-state index in [0.29, 0.717) is 6.04 Å². The van der Waals surface area contributed by atoms with Crippen molar-refractivity contribution < 1.29 is 4.79 Å². The summed E-state index contributed by atoms with van der Waals surface area (Å²) in [5.41, 5.74) is 2.15. The summed E-state index contributed by atoms with van der Waals surface area (Å²) in [5, 5.41) is 6.35. The lowest BCUT2D eigenvalue weighted by Crippen LogP contribution is -2.21. The van der Waals surface area contributed by atoms with E-state index in [2.05, 4.69) is 29.7 Å². The molecule has 1 aromatic rings. The summed E-state index contributed by atoms with van der Waals surface area (Å²) < 4.78 is 0. The number of carbonyl (C=O) groups is 1.